The Labute approximate surface area is 156 Å². The molecule has 0 fully saturated rings. The molecule has 0 radical (unpaired) electrons. The molecule has 0 heterocycles. The molecule has 0 saturated heterocycles. The smallest absolute Gasteiger partial charge is 0.276 e. The minimum Gasteiger partial charge on any atom is -0.493 e. The standard InChI is InChI=1S/C19H19ClN2O4/c1-2-25-16-9-5-3-7-14(16)11-12-18(23)21-22-19(24)13-26-17-10-6-4-8-15(17)20/h3-12H,2,13H2,1H3,(H,21,23)(H,22,24)/b12-11+. The second-order valence-corrected chi connectivity index (χ2v) is 5.47. The summed E-state index contributed by atoms with van der Waals surface area (Å²) in [6.07, 6.45) is 2.90. The molecule has 0 saturated carbocycles. The van der Waals surface area contributed by atoms with E-state index >= 15 is 0 Å². The zero-order valence-electron chi connectivity index (χ0n) is 14.2. The van der Waals surface area contributed by atoms with E-state index in [0.29, 0.717) is 23.1 Å². The van der Waals surface area contributed by atoms with Crippen molar-refractivity contribution in [2.75, 3.05) is 13.2 Å². The molecule has 2 amide bonds. The molecule has 0 aromatic heterocycles. The van der Waals surface area contributed by atoms with Crippen LogP contribution in [0.25, 0.3) is 6.08 Å². The number of benzene rings is 2. The van der Waals surface area contributed by atoms with E-state index in [4.69, 9.17) is 21.1 Å². The predicted octanol–water partition coefficient (Wildman–Crippen LogP) is 2.98. The summed E-state index contributed by atoms with van der Waals surface area (Å²) in [4.78, 5) is 23.5. The molecule has 0 bridgehead atoms. The zero-order valence-corrected chi connectivity index (χ0v) is 15.0. The maximum Gasteiger partial charge on any atom is 0.276 e. The summed E-state index contributed by atoms with van der Waals surface area (Å²) in [5.41, 5.74) is 5.30. The normalized spacial score (nSPS) is 10.4. The second kappa shape index (κ2) is 10.1. The third-order valence-corrected chi connectivity index (χ3v) is 3.47. The number of halogens is 1. The fourth-order valence-electron chi connectivity index (χ4n) is 1.98. The van der Waals surface area contributed by atoms with E-state index < -0.39 is 11.8 Å². The number of ether oxygens (including phenoxy) is 2. The highest BCUT2D eigenvalue weighted by molar-refractivity contribution is 6.32. The highest BCUT2D eigenvalue weighted by Gasteiger charge is 2.06. The first-order valence-electron chi connectivity index (χ1n) is 7.96. The van der Waals surface area contributed by atoms with Gasteiger partial charge in [0.1, 0.15) is 11.5 Å². The van der Waals surface area contributed by atoms with Crippen molar-refractivity contribution >= 4 is 29.5 Å². The number of nitrogens with one attached hydrogen (secondary N) is 2. The molecular formula is C19H19ClN2O4. The quantitative estimate of drug-likeness (QED) is 0.577. The van der Waals surface area contributed by atoms with Crippen molar-refractivity contribution < 1.29 is 19.1 Å². The van der Waals surface area contributed by atoms with Crippen LogP contribution in [0.1, 0.15) is 12.5 Å². The van der Waals surface area contributed by atoms with E-state index in [2.05, 4.69) is 10.9 Å². The molecule has 7 heteroatoms. The third-order valence-electron chi connectivity index (χ3n) is 3.15. The van der Waals surface area contributed by atoms with Crippen LogP contribution in [0, 0.1) is 0 Å². The van der Waals surface area contributed by atoms with Gasteiger partial charge < -0.3 is 9.47 Å². The van der Waals surface area contributed by atoms with Gasteiger partial charge in [0, 0.05) is 11.6 Å². The van der Waals surface area contributed by atoms with Gasteiger partial charge in [-0.15, -0.1) is 0 Å². The van der Waals surface area contributed by atoms with Crippen LogP contribution in [-0.4, -0.2) is 25.0 Å². The van der Waals surface area contributed by atoms with Crippen LogP contribution >= 0.6 is 11.6 Å². The molecule has 0 atom stereocenters. The van der Waals surface area contributed by atoms with Crippen LogP contribution in [0.3, 0.4) is 0 Å². The highest BCUT2D eigenvalue weighted by atomic mass is 35.5. The first-order valence-corrected chi connectivity index (χ1v) is 8.34. The van der Waals surface area contributed by atoms with Crippen molar-refractivity contribution in [3.8, 4) is 11.5 Å². The molecule has 6 nitrogen and oxygen atoms in total. The third kappa shape index (κ3) is 6.14. The van der Waals surface area contributed by atoms with Crippen LogP contribution in [0.2, 0.25) is 5.02 Å². The fraction of sp³-hybridized carbons (Fsp3) is 0.158. The van der Waals surface area contributed by atoms with Crippen LogP contribution < -0.4 is 20.3 Å². The predicted molar refractivity (Wildman–Crippen MR) is 99.9 cm³/mol. The maximum absolute atomic E-state index is 11.8. The van der Waals surface area contributed by atoms with Crippen LogP contribution in [0.15, 0.2) is 54.6 Å². The minimum absolute atomic E-state index is 0.277. The molecule has 0 spiro atoms. The first-order chi connectivity index (χ1) is 12.6. The number of hydrogen-bond donors (Lipinski definition) is 2. The van der Waals surface area contributed by atoms with Gasteiger partial charge in [0.15, 0.2) is 6.61 Å². The van der Waals surface area contributed by atoms with Gasteiger partial charge in [-0.25, -0.2) is 0 Å². The number of rotatable bonds is 7. The summed E-state index contributed by atoms with van der Waals surface area (Å²) in [6, 6.07) is 14.1. The Morgan fingerprint density at radius 1 is 1.00 bits per heavy atom. The number of carbonyl (C=O) groups is 2. The molecular weight excluding hydrogens is 356 g/mol. The maximum atomic E-state index is 11.8. The van der Waals surface area contributed by atoms with Crippen molar-refractivity contribution in [1.29, 1.82) is 0 Å². The number of hydrogen-bond acceptors (Lipinski definition) is 4. The van der Waals surface area contributed by atoms with Crippen LogP contribution in [0.4, 0.5) is 0 Å². The lowest BCUT2D eigenvalue weighted by molar-refractivity contribution is -0.128. The molecule has 2 N–H and O–H groups in total. The van der Waals surface area contributed by atoms with E-state index in [1.165, 1.54) is 6.08 Å². The largest absolute Gasteiger partial charge is 0.493 e. The first kappa shape index (κ1) is 19.3. The molecule has 0 aliphatic heterocycles. The van der Waals surface area contributed by atoms with Gasteiger partial charge in [0.25, 0.3) is 11.8 Å². The molecule has 0 aliphatic carbocycles. The van der Waals surface area contributed by atoms with E-state index in [9.17, 15) is 9.59 Å². The SMILES string of the molecule is CCOc1ccccc1/C=C/C(=O)NNC(=O)COc1ccccc1Cl. The van der Waals surface area contributed by atoms with Gasteiger partial charge >= 0.3 is 0 Å². The fourth-order valence-corrected chi connectivity index (χ4v) is 2.18. The average Bonchev–Trinajstić information content (AvgIpc) is 2.65. The Hall–Kier alpha value is -2.99. The Kier molecular flexibility index (Phi) is 7.51. The lowest BCUT2D eigenvalue weighted by Gasteiger charge is -2.09. The van der Waals surface area contributed by atoms with E-state index in [0.717, 1.165) is 5.56 Å². The number of carbonyl (C=O) groups excluding carboxylic acids is 2. The molecule has 2 aromatic rings. The summed E-state index contributed by atoms with van der Waals surface area (Å²) in [5, 5.41) is 0.403. The molecule has 2 rings (SSSR count). The summed E-state index contributed by atoms with van der Waals surface area (Å²) in [5.74, 6) is 0.0723. The van der Waals surface area contributed by atoms with E-state index in [-0.39, 0.29) is 6.61 Å². The van der Waals surface area contributed by atoms with Crippen molar-refractivity contribution in [1.82, 2.24) is 10.9 Å². The zero-order chi connectivity index (χ0) is 18.8. The number of hydrazine groups is 1. The van der Waals surface area contributed by atoms with Gasteiger partial charge in [-0.1, -0.05) is 41.9 Å². The number of amides is 2. The van der Waals surface area contributed by atoms with Gasteiger partial charge in [0.2, 0.25) is 0 Å². The van der Waals surface area contributed by atoms with E-state index in [1.807, 2.05) is 31.2 Å². The summed E-state index contributed by atoms with van der Waals surface area (Å²) in [6.45, 7) is 2.13. The van der Waals surface area contributed by atoms with Crippen molar-refractivity contribution in [3.63, 3.8) is 0 Å². The molecule has 0 aliphatic rings. The Bertz CT molecular complexity index is 793. The van der Waals surface area contributed by atoms with Gasteiger partial charge in [-0.3, -0.25) is 20.4 Å². The highest BCUT2D eigenvalue weighted by Crippen LogP contribution is 2.22. The van der Waals surface area contributed by atoms with Crippen LogP contribution in [0.5, 0.6) is 11.5 Å². The summed E-state index contributed by atoms with van der Waals surface area (Å²) in [7, 11) is 0. The lowest BCUT2D eigenvalue weighted by atomic mass is 10.2. The Balaban J connectivity index is 1.79. The molecule has 2 aromatic carbocycles. The van der Waals surface area contributed by atoms with Crippen molar-refractivity contribution in [3.05, 3.63) is 65.2 Å². The van der Waals surface area contributed by atoms with Gasteiger partial charge in [0.05, 0.1) is 11.6 Å². The van der Waals surface area contributed by atoms with Gasteiger partial charge in [-0.2, -0.15) is 0 Å². The molecule has 136 valence electrons. The monoisotopic (exact) mass is 374 g/mol. The van der Waals surface area contributed by atoms with Crippen molar-refractivity contribution in [2.45, 2.75) is 6.92 Å². The van der Waals surface area contributed by atoms with Crippen molar-refractivity contribution in [2.24, 2.45) is 0 Å². The van der Waals surface area contributed by atoms with Gasteiger partial charge in [-0.05, 0) is 31.2 Å². The summed E-state index contributed by atoms with van der Waals surface area (Å²) >= 11 is 5.92. The van der Waals surface area contributed by atoms with Crippen LogP contribution in [-0.2, 0) is 9.59 Å². The molecule has 26 heavy (non-hydrogen) atoms. The Morgan fingerprint density at radius 3 is 2.42 bits per heavy atom. The minimum atomic E-state index is -0.513. The summed E-state index contributed by atoms with van der Waals surface area (Å²) < 4.78 is 10.7. The Morgan fingerprint density at radius 2 is 1.69 bits per heavy atom. The topological polar surface area (TPSA) is 76.7 Å². The average molecular weight is 375 g/mol. The molecule has 0 unspecified atom stereocenters. The second-order valence-electron chi connectivity index (χ2n) is 5.06. The lowest BCUT2D eigenvalue weighted by Crippen LogP contribution is -2.43. The van der Waals surface area contributed by atoms with E-state index in [1.54, 1.807) is 30.3 Å². The number of para-hydroxylation sites is 2.